The van der Waals surface area contributed by atoms with Gasteiger partial charge in [-0.15, -0.1) is 0 Å². The maximum atomic E-state index is 6.16. The van der Waals surface area contributed by atoms with Crippen LogP contribution in [0.25, 0.3) is 0 Å². The van der Waals surface area contributed by atoms with Crippen LogP contribution >= 0.6 is 11.6 Å². The van der Waals surface area contributed by atoms with Crippen LogP contribution in [0.4, 0.5) is 0 Å². The second kappa shape index (κ2) is 8.45. The summed E-state index contributed by atoms with van der Waals surface area (Å²) < 4.78 is 15.8. The van der Waals surface area contributed by atoms with Crippen molar-refractivity contribution in [2.45, 2.75) is 13.5 Å². The van der Waals surface area contributed by atoms with Crippen LogP contribution in [0.3, 0.4) is 0 Å². The number of halogens is 1. The number of ether oxygens (including phenoxy) is 3. The molecule has 0 heterocycles. The molecule has 0 amide bonds. The highest BCUT2D eigenvalue weighted by Gasteiger charge is 2.10. The first-order chi connectivity index (χ1) is 11.6. The number of benzene rings is 2. The predicted octanol–water partition coefficient (Wildman–Crippen LogP) is 4.22. The maximum absolute atomic E-state index is 6.16. The van der Waals surface area contributed by atoms with Crippen LogP contribution in [0.1, 0.15) is 16.7 Å². The third-order valence-corrected chi connectivity index (χ3v) is 3.67. The van der Waals surface area contributed by atoms with Gasteiger partial charge < -0.3 is 19.0 Å². The Labute approximate surface area is 146 Å². The van der Waals surface area contributed by atoms with Crippen molar-refractivity contribution in [3.8, 4) is 17.2 Å². The molecule has 0 N–H and O–H groups in total. The van der Waals surface area contributed by atoms with E-state index in [1.807, 2.05) is 25.1 Å². The third kappa shape index (κ3) is 4.32. The van der Waals surface area contributed by atoms with Gasteiger partial charge in [-0.3, -0.25) is 0 Å². The van der Waals surface area contributed by atoms with Gasteiger partial charge >= 0.3 is 0 Å². The van der Waals surface area contributed by atoms with E-state index in [-0.39, 0.29) is 0 Å². The molecule has 0 saturated heterocycles. The molecule has 2 aromatic rings. The Hall–Kier alpha value is -2.40. The number of hydrogen-bond donors (Lipinski definition) is 0. The van der Waals surface area contributed by atoms with Crippen LogP contribution in [0.2, 0.25) is 5.02 Å². The lowest BCUT2D eigenvalue weighted by molar-refractivity contribution is 0.130. The fraction of sp³-hybridized carbons (Fsp3) is 0.278. The molecule has 128 valence electrons. The Bertz CT molecular complexity index is 731. The summed E-state index contributed by atoms with van der Waals surface area (Å²) in [5.74, 6) is 1.79. The van der Waals surface area contributed by atoms with E-state index in [1.165, 1.54) is 7.11 Å². The predicted molar refractivity (Wildman–Crippen MR) is 94.7 cm³/mol. The number of methoxy groups -OCH3 is 3. The lowest BCUT2D eigenvalue weighted by Crippen LogP contribution is -1.95. The van der Waals surface area contributed by atoms with Gasteiger partial charge in [-0.2, -0.15) is 0 Å². The largest absolute Gasteiger partial charge is 0.496 e. The van der Waals surface area contributed by atoms with Crippen molar-refractivity contribution < 1.29 is 19.0 Å². The molecule has 0 aliphatic carbocycles. The Morgan fingerprint density at radius 3 is 2.42 bits per heavy atom. The van der Waals surface area contributed by atoms with Gasteiger partial charge in [0, 0.05) is 11.1 Å². The van der Waals surface area contributed by atoms with Crippen molar-refractivity contribution in [2.24, 2.45) is 5.16 Å². The maximum Gasteiger partial charge on any atom is 0.179 e. The average Bonchev–Trinajstić information content (AvgIpc) is 2.58. The van der Waals surface area contributed by atoms with Crippen molar-refractivity contribution in [3.63, 3.8) is 0 Å². The molecule has 0 fully saturated rings. The van der Waals surface area contributed by atoms with E-state index in [0.717, 1.165) is 22.4 Å². The van der Waals surface area contributed by atoms with E-state index < -0.39 is 0 Å². The smallest absolute Gasteiger partial charge is 0.179 e. The van der Waals surface area contributed by atoms with E-state index in [9.17, 15) is 0 Å². The molecule has 0 saturated carbocycles. The van der Waals surface area contributed by atoms with E-state index >= 15 is 0 Å². The molecule has 0 atom stereocenters. The summed E-state index contributed by atoms with van der Waals surface area (Å²) in [5, 5.41) is 4.42. The molecular weight excluding hydrogens is 330 g/mol. The van der Waals surface area contributed by atoms with E-state index in [2.05, 4.69) is 5.16 Å². The van der Waals surface area contributed by atoms with Crippen molar-refractivity contribution in [3.05, 3.63) is 52.0 Å². The summed E-state index contributed by atoms with van der Waals surface area (Å²) >= 11 is 6.16. The lowest BCUT2D eigenvalue weighted by Gasteiger charge is -2.10. The summed E-state index contributed by atoms with van der Waals surface area (Å²) in [4.78, 5) is 5.37. The molecule has 2 aromatic carbocycles. The Morgan fingerprint density at radius 1 is 1.00 bits per heavy atom. The van der Waals surface area contributed by atoms with Gasteiger partial charge in [0.05, 0.1) is 32.6 Å². The van der Waals surface area contributed by atoms with Gasteiger partial charge in [0.15, 0.2) is 11.5 Å². The van der Waals surface area contributed by atoms with Crippen LogP contribution < -0.4 is 14.2 Å². The highest BCUT2D eigenvalue weighted by atomic mass is 35.5. The second-order valence-electron chi connectivity index (χ2n) is 5.06. The number of aryl methyl sites for hydroxylation is 1. The summed E-state index contributed by atoms with van der Waals surface area (Å²) in [7, 11) is 4.72. The van der Waals surface area contributed by atoms with Gasteiger partial charge in [0.1, 0.15) is 12.4 Å². The zero-order valence-electron chi connectivity index (χ0n) is 14.1. The highest BCUT2D eigenvalue weighted by molar-refractivity contribution is 6.32. The van der Waals surface area contributed by atoms with Gasteiger partial charge in [-0.25, -0.2) is 0 Å². The molecule has 0 bridgehead atoms. The molecule has 0 aliphatic heterocycles. The minimum absolute atomic E-state index is 0.308. The van der Waals surface area contributed by atoms with E-state index in [0.29, 0.717) is 23.1 Å². The van der Waals surface area contributed by atoms with Gasteiger partial charge in [-0.1, -0.05) is 28.4 Å². The fourth-order valence-corrected chi connectivity index (χ4v) is 2.53. The molecule has 0 spiro atoms. The topological polar surface area (TPSA) is 49.3 Å². The zero-order valence-corrected chi connectivity index (χ0v) is 14.9. The molecular formula is C18H20ClNO4. The Morgan fingerprint density at radius 2 is 1.75 bits per heavy atom. The van der Waals surface area contributed by atoms with E-state index in [1.54, 1.807) is 32.6 Å². The first kappa shape index (κ1) is 17.9. The molecule has 0 aromatic heterocycles. The standard InChI is InChI=1S/C18H20ClNO4/c1-12-5-6-16(21-2)14(7-12)11-24-20-10-13-8-15(19)18(23-4)17(9-13)22-3/h5-10H,11H2,1-4H3/b20-10-. The molecule has 2 rings (SSSR count). The molecule has 5 nitrogen and oxygen atoms in total. The highest BCUT2D eigenvalue weighted by Crippen LogP contribution is 2.35. The van der Waals surface area contributed by atoms with Crippen LogP contribution in [0, 0.1) is 6.92 Å². The fourth-order valence-electron chi connectivity index (χ4n) is 2.24. The van der Waals surface area contributed by atoms with Crippen LogP contribution in [0.15, 0.2) is 35.5 Å². The number of oxime groups is 1. The normalized spacial score (nSPS) is 10.7. The Kier molecular flexibility index (Phi) is 6.32. The molecule has 6 heteroatoms. The first-order valence-electron chi connectivity index (χ1n) is 7.29. The zero-order chi connectivity index (χ0) is 17.5. The second-order valence-corrected chi connectivity index (χ2v) is 5.47. The van der Waals surface area contributed by atoms with Crippen molar-refractivity contribution in [2.75, 3.05) is 21.3 Å². The van der Waals surface area contributed by atoms with Crippen LogP contribution in [0.5, 0.6) is 17.2 Å². The monoisotopic (exact) mass is 349 g/mol. The molecule has 24 heavy (non-hydrogen) atoms. The molecule has 0 aliphatic rings. The number of hydrogen-bond acceptors (Lipinski definition) is 5. The van der Waals surface area contributed by atoms with Gasteiger partial charge in [-0.05, 0) is 31.2 Å². The van der Waals surface area contributed by atoms with E-state index in [4.69, 9.17) is 30.6 Å². The summed E-state index contributed by atoms with van der Waals surface area (Å²) in [6.07, 6.45) is 1.57. The van der Waals surface area contributed by atoms with Crippen molar-refractivity contribution >= 4 is 17.8 Å². The summed E-state index contributed by atoms with van der Waals surface area (Å²) in [6.45, 7) is 2.32. The average molecular weight is 350 g/mol. The van der Waals surface area contributed by atoms with Crippen molar-refractivity contribution in [1.82, 2.24) is 0 Å². The Balaban J connectivity index is 2.07. The van der Waals surface area contributed by atoms with Crippen molar-refractivity contribution in [1.29, 1.82) is 0 Å². The van der Waals surface area contributed by atoms with Crippen LogP contribution in [-0.2, 0) is 11.4 Å². The molecule has 0 radical (unpaired) electrons. The molecule has 0 unspecified atom stereocenters. The SMILES string of the molecule is COc1ccc(C)cc1CO/N=C\c1cc(Cl)c(OC)c(OC)c1. The minimum atomic E-state index is 0.308. The number of nitrogens with zero attached hydrogens (tertiary/aromatic N) is 1. The number of rotatable bonds is 7. The summed E-state index contributed by atoms with van der Waals surface area (Å²) in [6, 6.07) is 9.39. The minimum Gasteiger partial charge on any atom is -0.496 e. The van der Waals surface area contributed by atoms with Gasteiger partial charge in [0.2, 0.25) is 0 Å². The lowest BCUT2D eigenvalue weighted by atomic mass is 10.1. The first-order valence-corrected chi connectivity index (χ1v) is 7.67. The van der Waals surface area contributed by atoms with Crippen LogP contribution in [-0.4, -0.2) is 27.5 Å². The van der Waals surface area contributed by atoms with Gasteiger partial charge in [0.25, 0.3) is 0 Å². The summed E-state index contributed by atoms with van der Waals surface area (Å²) in [5.41, 5.74) is 2.80. The third-order valence-electron chi connectivity index (χ3n) is 3.39. The quantitative estimate of drug-likeness (QED) is 0.554.